The van der Waals surface area contributed by atoms with E-state index in [1.54, 1.807) is 7.11 Å². The number of thiazole rings is 1. The van der Waals surface area contributed by atoms with Gasteiger partial charge in [-0.2, -0.15) is 0 Å². The van der Waals surface area contributed by atoms with Crippen LogP contribution in [0, 0.1) is 17.3 Å². The molecule has 6 bridgehead atoms. The van der Waals surface area contributed by atoms with Crippen LogP contribution in [-0.4, -0.2) is 108 Å². The molecule has 2 fully saturated rings. The molecule has 8 rings (SSSR count). The molecule has 15 heteroatoms. The Kier molecular flexibility index (Phi) is 11.4. The van der Waals surface area contributed by atoms with E-state index in [-0.39, 0.29) is 36.9 Å². The van der Waals surface area contributed by atoms with E-state index in [0.29, 0.717) is 18.0 Å². The van der Waals surface area contributed by atoms with Crippen molar-refractivity contribution >= 4 is 45.7 Å². The summed E-state index contributed by atoms with van der Waals surface area (Å²) in [5, 5.41) is 7.67. The first-order valence-corrected chi connectivity index (χ1v) is 21.6. The molecular weight excluding hydrogens is 772 g/mol. The van der Waals surface area contributed by atoms with Gasteiger partial charge in [-0.05, 0) is 69.5 Å². The van der Waals surface area contributed by atoms with Crippen molar-refractivity contribution in [2.45, 2.75) is 78.6 Å². The lowest BCUT2D eigenvalue weighted by Gasteiger charge is -2.34. The van der Waals surface area contributed by atoms with Gasteiger partial charge in [0.05, 0.1) is 53.2 Å². The molecule has 314 valence electrons. The van der Waals surface area contributed by atoms with Crippen molar-refractivity contribution < 1.29 is 28.2 Å². The van der Waals surface area contributed by atoms with Gasteiger partial charge in [0.25, 0.3) is 5.91 Å². The van der Waals surface area contributed by atoms with Crippen LogP contribution in [0.5, 0.6) is 0 Å². The third kappa shape index (κ3) is 8.39. The van der Waals surface area contributed by atoms with Crippen molar-refractivity contribution in [2.75, 3.05) is 58.4 Å². The van der Waals surface area contributed by atoms with Crippen LogP contribution >= 0.6 is 11.3 Å². The average molecular weight is 827 g/mol. The van der Waals surface area contributed by atoms with Crippen molar-refractivity contribution in [3.8, 4) is 22.5 Å². The number of piperazine rings is 1. The lowest BCUT2D eigenvalue weighted by atomic mass is 9.84. The van der Waals surface area contributed by atoms with Gasteiger partial charge < -0.3 is 29.2 Å². The predicted molar refractivity (Wildman–Crippen MR) is 226 cm³/mol. The van der Waals surface area contributed by atoms with Crippen LogP contribution < -0.4 is 15.6 Å². The number of anilines is 1. The molecule has 1 saturated heterocycles. The maximum atomic E-state index is 15.3. The number of hydrogen-bond acceptors (Lipinski definition) is 11. The molecule has 3 aliphatic heterocycles. The smallest absolute Gasteiger partial charge is 0.329 e. The molecular formula is C44H55FN8O5S. The first kappa shape index (κ1) is 41.1. The number of aryl methyl sites for hydroxylation is 1. The number of nitrogens with zero attached hydrogens (tertiary/aromatic N) is 6. The van der Waals surface area contributed by atoms with Gasteiger partial charge in [0.15, 0.2) is 0 Å². The van der Waals surface area contributed by atoms with E-state index < -0.39 is 41.7 Å². The Bertz CT molecular complexity index is 2300. The minimum Gasteiger partial charge on any atom is -0.464 e. The molecule has 4 aromatic rings. The van der Waals surface area contributed by atoms with Crippen molar-refractivity contribution in [3.63, 3.8) is 0 Å². The summed E-state index contributed by atoms with van der Waals surface area (Å²) in [7, 11) is 3.85. The number of nitrogens with one attached hydrogen (secondary N) is 2. The Labute approximate surface area is 348 Å². The maximum Gasteiger partial charge on any atom is 0.329 e. The van der Waals surface area contributed by atoms with Crippen molar-refractivity contribution in [1.29, 1.82) is 0 Å². The van der Waals surface area contributed by atoms with Crippen LogP contribution in [0.1, 0.15) is 63.4 Å². The minimum atomic E-state index is -1.24. The third-order valence-corrected chi connectivity index (χ3v) is 13.1. The van der Waals surface area contributed by atoms with Gasteiger partial charge in [-0.1, -0.05) is 26.8 Å². The molecule has 1 saturated carbocycles. The van der Waals surface area contributed by atoms with Crippen molar-refractivity contribution in [3.05, 3.63) is 64.0 Å². The fraction of sp³-hybridized carbons (Fsp3) is 0.523. The maximum absolute atomic E-state index is 15.3. The topological polar surface area (TPSA) is 134 Å². The normalized spacial score (nSPS) is 24.4. The minimum absolute atomic E-state index is 0.0277. The van der Waals surface area contributed by atoms with Crippen molar-refractivity contribution in [2.24, 2.45) is 17.3 Å². The molecule has 13 nitrogen and oxygen atoms in total. The number of halogens is 1. The molecule has 4 aliphatic rings. The third-order valence-electron chi connectivity index (χ3n) is 12.3. The highest BCUT2D eigenvalue weighted by molar-refractivity contribution is 7.10. The summed E-state index contributed by atoms with van der Waals surface area (Å²) in [6.07, 6.45) is 4.19. The summed E-state index contributed by atoms with van der Waals surface area (Å²) in [5.74, 6) is -2.09. The SMILES string of the molecule is CCn1c(-c2cc(N3CCN(C)CC3)cnc2C(C)OC)c2c3cc(ccc31)-c1csc(n1)CC(NC(=O)C1CC1C)C(=O)N1CC(F)=CC(N1)C(=O)OCC(C)(C)C2. The number of carbonyl (C=O) groups excluding carboxylic acids is 3. The number of hydrogen-bond donors (Lipinski definition) is 2. The Balaban J connectivity index is 1.27. The second-order valence-corrected chi connectivity index (χ2v) is 18.3. The number of hydrazine groups is 1. The van der Waals surface area contributed by atoms with E-state index >= 15 is 4.39 Å². The number of methoxy groups -OCH3 is 1. The summed E-state index contributed by atoms with van der Waals surface area (Å²) < 4.78 is 29.5. The zero-order valence-corrected chi connectivity index (χ0v) is 35.8. The Morgan fingerprint density at radius 1 is 1.19 bits per heavy atom. The number of pyridine rings is 1. The average Bonchev–Trinajstić information content (AvgIpc) is 3.65. The number of likely N-dealkylation sites (N-methyl/N-ethyl adjacent to an activating group) is 1. The molecule has 2 amide bonds. The van der Waals surface area contributed by atoms with E-state index in [9.17, 15) is 14.4 Å². The molecule has 0 spiro atoms. The number of cyclic esters (lactones) is 1. The zero-order chi connectivity index (χ0) is 41.7. The molecule has 1 aliphatic carbocycles. The standard InChI is InChI=1S/C44H55FN8O5S/c1-8-52-37-10-9-27-16-31(37)33(40(52)32-18-29(21-46-39(32)26(3)57-7)51-13-11-50(6)12-14-51)20-44(4,5)24-58-43(56)35-17-28(45)22-53(49-35)42(55)34(19-38-47-36(27)23-59-38)48-41(54)30-15-25(30)2/h9-10,16-18,21,23,25-26,30,34-35,49H,8,11-15,19-20,22,24H2,1-7H3,(H,48,54). The molecule has 3 aromatic heterocycles. The molecule has 2 N–H and O–H groups in total. The van der Waals surface area contributed by atoms with E-state index in [1.807, 2.05) is 25.4 Å². The summed E-state index contributed by atoms with van der Waals surface area (Å²) >= 11 is 1.41. The fourth-order valence-corrected chi connectivity index (χ4v) is 9.43. The lowest BCUT2D eigenvalue weighted by Crippen LogP contribution is -2.59. The molecule has 59 heavy (non-hydrogen) atoms. The van der Waals surface area contributed by atoms with E-state index in [2.05, 4.69) is 77.2 Å². The zero-order valence-electron chi connectivity index (χ0n) is 35.0. The van der Waals surface area contributed by atoms with Crippen LogP contribution in [0.15, 0.2) is 47.7 Å². The molecule has 5 atom stereocenters. The molecule has 1 aromatic carbocycles. The quantitative estimate of drug-likeness (QED) is 0.224. The Morgan fingerprint density at radius 3 is 2.66 bits per heavy atom. The summed E-state index contributed by atoms with van der Waals surface area (Å²) in [4.78, 5) is 55.8. The van der Waals surface area contributed by atoms with Crippen LogP contribution in [0.25, 0.3) is 33.4 Å². The monoisotopic (exact) mass is 826 g/mol. The second-order valence-electron chi connectivity index (χ2n) is 17.4. The van der Waals surface area contributed by atoms with Crippen LogP contribution in [-0.2, 0) is 43.2 Å². The highest BCUT2D eigenvalue weighted by Gasteiger charge is 2.42. The Morgan fingerprint density at radius 2 is 1.95 bits per heavy atom. The lowest BCUT2D eigenvalue weighted by molar-refractivity contribution is -0.152. The first-order valence-electron chi connectivity index (χ1n) is 20.7. The molecule has 6 heterocycles. The number of amides is 2. The number of ether oxygens (including phenoxy) is 2. The fourth-order valence-electron chi connectivity index (χ4n) is 8.58. The van der Waals surface area contributed by atoms with Crippen LogP contribution in [0.3, 0.4) is 0 Å². The number of fused-ring (bicyclic) bond motifs is 6. The highest BCUT2D eigenvalue weighted by atomic mass is 32.1. The Hall–Kier alpha value is -4.70. The number of carbonyl (C=O) groups is 3. The number of benzene rings is 1. The van der Waals surface area contributed by atoms with Crippen LogP contribution in [0.4, 0.5) is 10.1 Å². The van der Waals surface area contributed by atoms with Gasteiger partial charge in [0.1, 0.15) is 17.9 Å². The summed E-state index contributed by atoms with van der Waals surface area (Å²) in [6, 6.07) is 6.40. The van der Waals surface area contributed by atoms with Gasteiger partial charge in [-0.15, -0.1) is 11.3 Å². The van der Waals surface area contributed by atoms with Crippen molar-refractivity contribution in [1.82, 2.24) is 35.2 Å². The second kappa shape index (κ2) is 16.4. The predicted octanol–water partition coefficient (Wildman–Crippen LogP) is 5.68. The van der Waals surface area contributed by atoms with Gasteiger partial charge in [-0.3, -0.25) is 19.6 Å². The van der Waals surface area contributed by atoms with Gasteiger partial charge in [-0.25, -0.2) is 19.6 Å². The first-order chi connectivity index (χ1) is 28.2. The van der Waals surface area contributed by atoms with E-state index in [1.165, 1.54) is 11.3 Å². The van der Waals surface area contributed by atoms with Gasteiger partial charge >= 0.3 is 5.97 Å². The summed E-state index contributed by atoms with van der Waals surface area (Å²) in [5.41, 5.74) is 10.0. The van der Waals surface area contributed by atoms with E-state index in [0.717, 1.165) is 94.0 Å². The van der Waals surface area contributed by atoms with Gasteiger partial charge in [0, 0.05) is 85.0 Å². The number of esters is 1. The number of aromatic nitrogens is 3. The summed E-state index contributed by atoms with van der Waals surface area (Å²) in [6.45, 7) is 14.3. The number of rotatable bonds is 7. The largest absolute Gasteiger partial charge is 0.464 e. The highest BCUT2D eigenvalue weighted by Crippen LogP contribution is 2.43. The molecule has 0 radical (unpaired) electrons. The van der Waals surface area contributed by atoms with Crippen LogP contribution in [0.2, 0.25) is 0 Å². The molecule has 5 unspecified atom stereocenters. The van der Waals surface area contributed by atoms with E-state index in [4.69, 9.17) is 19.4 Å². The van der Waals surface area contributed by atoms with Gasteiger partial charge in [0.2, 0.25) is 5.91 Å².